The number of hydroxylamine groups is 1. The molecule has 1 atom stereocenters. The van der Waals surface area contributed by atoms with Crippen molar-refractivity contribution in [3.05, 3.63) is 69.6 Å². The molecule has 1 aliphatic heterocycles. The van der Waals surface area contributed by atoms with Gasteiger partial charge in [0.05, 0.1) is 34.6 Å². The first kappa shape index (κ1) is 28.1. The summed E-state index contributed by atoms with van der Waals surface area (Å²) in [6.45, 7) is 1.49. The van der Waals surface area contributed by atoms with Crippen molar-refractivity contribution in [1.29, 1.82) is 0 Å². The van der Waals surface area contributed by atoms with Crippen LogP contribution in [0.25, 0.3) is 10.9 Å². The zero-order chi connectivity index (χ0) is 27.3. The summed E-state index contributed by atoms with van der Waals surface area (Å²) in [4.78, 5) is 19.1. The van der Waals surface area contributed by atoms with Gasteiger partial charge in [-0.15, -0.1) is 0 Å². The van der Waals surface area contributed by atoms with E-state index >= 15 is 4.39 Å². The Morgan fingerprint density at radius 2 is 2.00 bits per heavy atom. The van der Waals surface area contributed by atoms with Crippen LogP contribution >= 0.6 is 23.2 Å². The molecule has 0 spiro atoms. The van der Waals surface area contributed by atoms with Crippen LogP contribution in [-0.4, -0.2) is 47.7 Å². The number of nitrogens with one attached hydrogen (secondary N) is 1. The van der Waals surface area contributed by atoms with E-state index in [9.17, 15) is 14.4 Å². The normalized spacial score (nSPS) is 15.9. The number of carbonyl (C=O) groups excluding carboxylic acids is 1. The van der Waals surface area contributed by atoms with Gasteiger partial charge in [0.2, 0.25) is 5.91 Å². The first-order valence-electron chi connectivity index (χ1n) is 12.1. The van der Waals surface area contributed by atoms with Crippen LogP contribution in [0.15, 0.2) is 42.6 Å². The summed E-state index contributed by atoms with van der Waals surface area (Å²) in [6.07, 6.45) is 1.06. The number of pyridine rings is 1. The lowest BCUT2D eigenvalue weighted by Gasteiger charge is -2.40. The molecule has 1 aliphatic rings. The number of methoxy groups -OCH3 is 1. The van der Waals surface area contributed by atoms with Gasteiger partial charge in [0.15, 0.2) is 0 Å². The summed E-state index contributed by atoms with van der Waals surface area (Å²) in [5.74, 6) is 5.44. The highest BCUT2D eigenvalue weighted by molar-refractivity contribution is 6.32. The molecule has 1 unspecified atom stereocenters. The van der Waals surface area contributed by atoms with Crippen LogP contribution in [-0.2, 0) is 4.79 Å². The standard InChI is InChI=1S/C28H27Cl2F2N3O3/c1-38-19-5-7-25-20(16-19)26(22(30)17-33-25)23(31)8-9-28(27(36)34-37)10-13-35(14-11-28)12-2-3-18-4-6-21(29)24(32)15-18/h4-7,15-17,23,37H,8-14H2,1H3,(H,34,36). The summed E-state index contributed by atoms with van der Waals surface area (Å²) in [7, 11) is 1.53. The third-order valence-electron chi connectivity index (χ3n) is 7.11. The van der Waals surface area contributed by atoms with Crippen molar-refractivity contribution >= 4 is 40.0 Å². The van der Waals surface area contributed by atoms with Crippen molar-refractivity contribution in [2.24, 2.45) is 5.41 Å². The average Bonchev–Trinajstić information content (AvgIpc) is 2.93. The number of benzene rings is 2. The molecule has 2 heterocycles. The van der Waals surface area contributed by atoms with Crippen LogP contribution in [0.3, 0.4) is 0 Å². The molecule has 1 saturated heterocycles. The molecule has 10 heteroatoms. The molecule has 6 nitrogen and oxygen atoms in total. The van der Waals surface area contributed by atoms with E-state index in [-0.39, 0.29) is 22.9 Å². The third kappa shape index (κ3) is 6.19. The molecule has 1 aromatic heterocycles. The molecular weight excluding hydrogens is 535 g/mol. The Kier molecular flexibility index (Phi) is 9.06. The van der Waals surface area contributed by atoms with Gasteiger partial charge in [0.1, 0.15) is 17.7 Å². The largest absolute Gasteiger partial charge is 0.497 e. The summed E-state index contributed by atoms with van der Waals surface area (Å²) in [5.41, 5.74) is 2.26. The zero-order valence-electron chi connectivity index (χ0n) is 20.7. The Balaban J connectivity index is 1.43. The Morgan fingerprint density at radius 1 is 1.24 bits per heavy atom. The lowest BCUT2D eigenvalue weighted by Crippen LogP contribution is -2.48. The van der Waals surface area contributed by atoms with Crippen molar-refractivity contribution in [2.45, 2.75) is 31.9 Å². The van der Waals surface area contributed by atoms with E-state index in [1.807, 2.05) is 0 Å². The summed E-state index contributed by atoms with van der Waals surface area (Å²) >= 11 is 12.1. The second kappa shape index (κ2) is 12.3. The van der Waals surface area contributed by atoms with Gasteiger partial charge < -0.3 is 4.74 Å². The maximum Gasteiger partial charge on any atom is 0.249 e. The van der Waals surface area contributed by atoms with E-state index in [1.165, 1.54) is 25.4 Å². The van der Waals surface area contributed by atoms with Gasteiger partial charge in [-0.3, -0.25) is 19.9 Å². The fourth-order valence-electron chi connectivity index (χ4n) is 4.84. The molecule has 0 radical (unpaired) electrons. The van der Waals surface area contributed by atoms with Crippen LogP contribution in [0.2, 0.25) is 10.0 Å². The number of halogens is 4. The monoisotopic (exact) mass is 561 g/mol. The Morgan fingerprint density at radius 3 is 2.68 bits per heavy atom. The number of hydrogen-bond acceptors (Lipinski definition) is 5. The SMILES string of the molecule is COc1ccc2ncc(Cl)c(C(F)CCC3(C(=O)NO)CCN(CC#Cc4ccc(Cl)c(F)c4)CC3)c2c1. The number of fused-ring (bicyclic) bond motifs is 1. The summed E-state index contributed by atoms with van der Waals surface area (Å²) in [6, 6.07) is 9.57. The molecule has 0 bridgehead atoms. The van der Waals surface area contributed by atoms with Crippen molar-refractivity contribution in [1.82, 2.24) is 15.4 Å². The average molecular weight is 562 g/mol. The Hall–Kier alpha value is -2.96. The molecule has 2 aromatic carbocycles. The zero-order valence-corrected chi connectivity index (χ0v) is 22.3. The quantitative estimate of drug-likeness (QED) is 0.206. The van der Waals surface area contributed by atoms with Gasteiger partial charge >= 0.3 is 0 Å². The molecule has 0 saturated carbocycles. The number of rotatable bonds is 7. The first-order valence-corrected chi connectivity index (χ1v) is 12.9. The van der Waals surface area contributed by atoms with Gasteiger partial charge in [-0.25, -0.2) is 14.3 Å². The summed E-state index contributed by atoms with van der Waals surface area (Å²) in [5, 5.41) is 10.2. The van der Waals surface area contributed by atoms with Gasteiger partial charge in [0, 0.05) is 35.8 Å². The molecule has 0 aliphatic carbocycles. The molecule has 3 aromatic rings. The van der Waals surface area contributed by atoms with Gasteiger partial charge in [-0.1, -0.05) is 35.0 Å². The van der Waals surface area contributed by atoms with Crippen molar-refractivity contribution in [2.75, 3.05) is 26.7 Å². The minimum atomic E-state index is -1.45. The molecule has 38 heavy (non-hydrogen) atoms. The highest BCUT2D eigenvalue weighted by Crippen LogP contribution is 2.42. The van der Waals surface area contributed by atoms with E-state index in [2.05, 4.69) is 21.7 Å². The number of aromatic nitrogens is 1. The molecule has 2 N–H and O–H groups in total. The molecular formula is C28H27Cl2F2N3O3. The smallest absolute Gasteiger partial charge is 0.249 e. The number of likely N-dealkylation sites (tertiary alicyclic amines) is 1. The molecule has 1 amide bonds. The van der Waals surface area contributed by atoms with Crippen molar-refractivity contribution in [3.63, 3.8) is 0 Å². The lowest BCUT2D eigenvalue weighted by molar-refractivity contribution is -0.143. The van der Waals surface area contributed by atoms with Gasteiger partial charge in [-0.05, 0) is 62.1 Å². The fraction of sp³-hybridized carbons (Fsp3) is 0.357. The predicted molar refractivity (Wildman–Crippen MR) is 143 cm³/mol. The number of hydrogen-bond donors (Lipinski definition) is 2. The first-order chi connectivity index (χ1) is 18.3. The maximum atomic E-state index is 15.7. The molecule has 200 valence electrons. The van der Waals surface area contributed by atoms with Crippen LogP contribution in [0.5, 0.6) is 5.75 Å². The molecule has 1 fully saturated rings. The topological polar surface area (TPSA) is 74.7 Å². The van der Waals surface area contributed by atoms with Crippen LogP contribution in [0, 0.1) is 23.1 Å². The minimum absolute atomic E-state index is 0.0331. The highest BCUT2D eigenvalue weighted by Gasteiger charge is 2.41. The number of nitrogens with zero attached hydrogens (tertiary/aromatic N) is 2. The van der Waals surface area contributed by atoms with E-state index in [4.69, 9.17) is 27.9 Å². The van der Waals surface area contributed by atoms with E-state index in [0.717, 1.165) is 0 Å². The molecule has 4 rings (SSSR count). The minimum Gasteiger partial charge on any atom is -0.497 e. The second-order valence-electron chi connectivity index (χ2n) is 9.34. The van der Waals surface area contributed by atoms with E-state index in [1.54, 1.807) is 29.7 Å². The number of ether oxygens (including phenoxy) is 1. The Labute approximate surface area is 229 Å². The van der Waals surface area contributed by atoms with Crippen molar-refractivity contribution < 1.29 is 23.5 Å². The van der Waals surface area contributed by atoms with Crippen LogP contribution in [0.4, 0.5) is 8.78 Å². The van der Waals surface area contributed by atoms with E-state index in [0.29, 0.717) is 60.3 Å². The van der Waals surface area contributed by atoms with Crippen molar-refractivity contribution in [3.8, 4) is 17.6 Å². The van der Waals surface area contributed by atoms with Crippen LogP contribution < -0.4 is 10.2 Å². The third-order valence-corrected chi connectivity index (χ3v) is 7.72. The predicted octanol–water partition coefficient (Wildman–Crippen LogP) is 6.12. The van der Waals surface area contributed by atoms with E-state index < -0.39 is 23.3 Å². The highest BCUT2D eigenvalue weighted by atomic mass is 35.5. The number of piperidine rings is 1. The van der Waals surface area contributed by atoms with Gasteiger partial charge in [-0.2, -0.15) is 0 Å². The van der Waals surface area contributed by atoms with Crippen LogP contribution in [0.1, 0.15) is 43.0 Å². The fourth-order valence-corrected chi connectivity index (χ4v) is 5.22. The number of carbonyl (C=O) groups is 1. The van der Waals surface area contributed by atoms with Gasteiger partial charge in [0.25, 0.3) is 0 Å². The number of alkyl halides is 1. The second-order valence-corrected chi connectivity index (χ2v) is 10.2. The summed E-state index contributed by atoms with van der Waals surface area (Å²) < 4.78 is 34.6. The Bertz CT molecular complexity index is 1380. The lowest BCUT2D eigenvalue weighted by atomic mass is 9.73. The maximum absolute atomic E-state index is 15.7. The number of amides is 1.